The van der Waals surface area contributed by atoms with E-state index in [-0.39, 0.29) is 29.6 Å². The average molecular weight is 480 g/mol. The predicted molar refractivity (Wildman–Crippen MR) is 132 cm³/mol. The third-order valence-corrected chi connectivity index (χ3v) is 7.03. The van der Waals surface area contributed by atoms with Crippen LogP contribution >= 0.6 is 0 Å². The van der Waals surface area contributed by atoms with Crippen LogP contribution in [0.5, 0.6) is 11.5 Å². The Morgan fingerprint density at radius 3 is 2.09 bits per heavy atom. The van der Waals surface area contributed by atoms with E-state index in [1.807, 2.05) is 23.1 Å². The minimum absolute atomic E-state index is 0.0330. The van der Waals surface area contributed by atoms with Crippen LogP contribution in [0.2, 0.25) is 0 Å². The molecule has 2 saturated heterocycles. The molecule has 0 N–H and O–H groups in total. The zero-order valence-electron chi connectivity index (χ0n) is 20.6. The van der Waals surface area contributed by atoms with E-state index in [2.05, 4.69) is 12.1 Å². The molecule has 0 aliphatic carbocycles. The first-order valence-electron chi connectivity index (χ1n) is 12.0. The zero-order chi connectivity index (χ0) is 24.9. The highest BCUT2D eigenvalue weighted by Crippen LogP contribution is 2.34. The number of methoxy groups -OCH3 is 2. The number of benzene rings is 2. The van der Waals surface area contributed by atoms with Gasteiger partial charge in [-0.3, -0.25) is 14.4 Å². The van der Waals surface area contributed by atoms with Gasteiger partial charge in [-0.15, -0.1) is 0 Å². The fraction of sp³-hybridized carbons (Fsp3) is 0.444. The number of rotatable bonds is 5. The standard InChI is InChI=1S/C27H33N3O5/c1-19(31)28-11-13-29(14-12-28)27(33)23-15-22(20-7-5-4-6-8-20)17-30(18-23)26(32)21-9-10-24(34-2)25(16-21)35-3/h4-10,16,22-23H,11-15,17-18H2,1-3H3/t22-,23+/m0/s1. The van der Waals surface area contributed by atoms with Gasteiger partial charge in [0, 0.05) is 57.7 Å². The molecule has 2 fully saturated rings. The summed E-state index contributed by atoms with van der Waals surface area (Å²) < 4.78 is 10.7. The smallest absolute Gasteiger partial charge is 0.254 e. The molecule has 2 aliphatic rings. The molecule has 2 aliphatic heterocycles. The lowest BCUT2D eigenvalue weighted by molar-refractivity contribution is -0.142. The molecule has 0 radical (unpaired) electrons. The minimum Gasteiger partial charge on any atom is -0.493 e. The Morgan fingerprint density at radius 1 is 0.800 bits per heavy atom. The van der Waals surface area contributed by atoms with Gasteiger partial charge < -0.3 is 24.2 Å². The Bertz CT molecular complexity index is 1070. The van der Waals surface area contributed by atoms with Crippen molar-refractivity contribution in [3.8, 4) is 11.5 Å². The van der Waals surface area contributed by atoms with Crippen molar-refractivity contribution in [1.29, 1.82) is 0 Å². The number of hydrogen-bond acceptors (Lipinski definition) is 5. The highest BCUT2D eigenvalue weighted by molar-refractivity contribution is 5.95. The van der Waals surface area contributed by atoms with E-state index in [9.17, 15) is 14.4 Å². The van der Waals surface area contributed by atoms with E-state index >= 15 is 0 Å². The Balaban J connectivity index is 1.56. The van der Waals surface area contributed by atoms with Gasteiger partial charge in [0.2, 0.25) is 11.8 Å². The van der Waals surface area contributed by atoms with Gasteiger partial charge in [-0.05, 0) is 30.2 Å². The van der Waals surface area contributed by atoms with Crippen LogP contribution < -0.4 is 9.47 Å². The van der Waals surface area contributed by atoms with Gasteiger partial charge in [0.25, 0.3) is 5.91 Å². The van der Waals surface area contributed by atoms with Crippen LogP contribution in [-0.2, 0) is 9.59 Å². The minimum atomic E-state index is -0.304. The summed E-state index contributed by atoms with van der Waals surface area (Å²) >= 11 is 0. The largest absolute Gasteiger partial charge is 0.493 e. The quantitative estimate of drug-likeness (QED) is 0.659. The third kappa shape index (κ3) is 5.42. The second-order valence-corrected chi connectivity index (χ2v) is 9.15. The van der Waals surface area contributed by atoms with Crippen molar-refractivity contribution in [2.75, 3.05) is 53.5 Å². The summed E-state index contributed by atoms with van der Waals surface area (Å²) in [6, 6.07) is 15.2. The molecule has 0 spiro atoms. The Labute approximate surface area is 206 Å². The molecule has 0 aromatic heterocycles. The van der Waals surface area contributed by atoms with Gasteiger partial charge in [0.05, 0.1) is 20.1 Å². The van der Waals surface area contributed by atoms with Gasteiger partial charge in [0.1, 0.15) is 0 Å². The average Bonchev–Trinajstić information content (AvgIpc) is 2.92. The van der Waals surface area contributed by atoms with E-state index in [4.69, 9.17) is 9.47 Å². The first kappa shape index (κ1) is 24.6. The summed E-state index contributed by atoms with van der Waals surface area (Å²) in [6.07, 6.45) is 0.686. The number of hydrogen-bond donors (Lipinski definition) is 0. The van der Waals surface area contributed by atoms with Gasteiger partial charge in [-0.25, -0.2) is 0 Å². The van der Waals surface area contributed by atoms with E-state index in [1.54, 1.807) is 49.1 Å². The van der Waals surface area contributed by atoms with Crippen LogP contribution in [0, 0.1) is 5.92 Å². The Kier molecular flexibility index (Phi) is 7.58. The second-order valence-electron chi connectivity index (χ2n) is 9.15. The molecule has 2 aromatic rings. The van der Waals surface area contributed by atoms with Crippen molar-refractivity contribution in [2.24, 2.45) is 5.92 Å². The van der Waals surface area contributed by atoms with Gasteiger partial charge in [0.15, 0.2) is 11.5 Å². The lowest BCUT2D eigenvalue weighted by Crippen LogP contribution is -2.54. The van der Waals surface area contributed by atoms with Crippen molar-refractivity contribution in [3.63, 3.8) is 0 Å². The fourth-order valence-corrected chi connectivity index (χ4v) is 5.06. The molecule has 0 bridgehead atoms. The number of likely N-dealkylation sites (tertiary alicyclic amines) is 1. The summed E-state index contributed by atoms with van der Waals surface area (Å²) in [7, 11) is 3.10. The maximum absolute atomic E-state index is 13.6. The zero-order valence-corrected chi connectivity index (χ0v) is 20.6. The molecule has 2 atom stereocenters. The molecule has 2 aromatic carbocycles. The van der Waals surface area contributed by atoms with E-state index in [0.29, 0.717) is 62.8 Å². The number of amides is 3. The number of carbonyl (C=O) groups excluding carboxylic acids is 3. The van der Waals surface area contributed by atoms with E-state index in [1.165, 1.54) is 0 Å². The third-order valence-electron chi connectivity index (χ3n) is 7.03. The van der Waals surface area contributed by atoms with Crippen molar-refractivity contribution < 1.29 is 23.9 Å². The van der Waals surface area contributed by atoms with Crippen molar-refractivity contribution in [1.82, 2.24) is 14.7 Å². The van der Waals surface area contributed by atoms with Gasteiger partial charge in [-0.1, -0.05) is 30.3 Å². The predicted octanol–water partition coefficient (Wildman–Crippen LogP) is 2.64. The molecule has 4 rings (SSSR count). The number of carbonyl (C=O) groups is 3. The number of nitrogens with zero attached hydrogens (tertiary/aromatic N) is 3. The topological polar surface area (TPSA) is 79.4 Å². The first-order chi connectivity index (χ1) is 16.9. The van der Waals surface area contributed by atoms with Crippen LogP contribution in [0.4, 0.5) is 0 Å². The van der Waals surface area contributed by atoms with Gasteiger partial charge >= 0.3 is 0 Å². The molecule has 186 valence electrons. The van der Waals surface area contributed by atoms with E-state index in [0.717, 1.165) is 5.56 Å². The molecule has 8 heteroatoms. The maximum atomic E-state index is 13.6. The molecular weight excluding hydrogens is 446 g/mol. The molecular formula is C27H33N3O5. The molecule has 35 heavy (non-hydrogen) atoms. The highest BCUT2D eigenvalue weighted by atomic mass is 16.5. The normalized spacial score (nSPS) is 20.4. The Morgan fingerprint density at radius 2 is 1.46 bits per heavy atom. The van der Waals surface area contributed by atoms with Crippen LogP contribution in [0.1, 0.15) is 35.2 Å². The lowest BCUT2D eigenvalue weighted by atomic mass is 9.83. The maximum Gasteiger partial charge on any atom is 0.254 e. The van der Waals surface area contributed by atoms with E-state index < -0.39 is 0 Å². The van der Waals surface area contributed by atoms with Crippen LogP contribution in [0.3, 0.4) is 0 Å². The molecule has 2 heterocycles. The summed E-state index contributed by atoms with van der Waals surface area (Å²) in [5.41, 5.74) is 1.62. The Hall–Kier alpha value is -3.55. The molecule has 8 nitrogen and oxygen atoms in total. The summed E-state index contributed by atoms with van der Waals surface area (Å²) in [6.45, 7) is 4.60. The number of piperidine rings is 1. The monoisotopic (exact) mass is 479 g/mol. The fourth-order valence-electron chi connectivity index (χ4n) is 5.06. The molecule has 0 saturated carbocycles. The molecule has 0 unspecified atom stereocenters. The van der Waals surface area contributed by atoms with Crippen molar-refractivity contribution >= 4 is 17.7 Å². The van der Waals surface area contributed by atoms with Crippen LogP contribution in [0.25, 0.3) is 0 Å². The van der Waals surface area contributed by atoms with Crippen molar-refractivity contribution in [3.05, 3.63) is 59.7 Å². The summed E-state index contributed by atoms with van der Waals surface area (Å²) in [4.78, 5) is 44.2. The summed E-state index contributed by atoms with van der Waals surface area (Å²) in [5.74, 6) is 0.757. The van der Waals surface area contributed by atoms with Crippen LogP contribution in [0.15, 0.2) is 48.5 Å². The van der Waals surface area contributed by atoms with Crippen molar-refractivity contribution in [2.45, 2.75) is 19.3 Å². The first-order valence-corrected chi connectivity index (χ1v) is 12.0. The van der Waals surface area contributed by atoms with Gasteiger partial charge in [-0.2, -0.15) is 0 Å². The lowest BCUT2D eigenvalue weighted by Gasteiger charge is -2.41. The highest BCUT2D eigenvalue weighted by Gasteiger charge is 2.37. The summed E-state index contributed by atoms with van der Waals surface area (Å²) in [5, 5.41) is 0. The SMILES string of the molecule is COc1ccc(C(=O)N2C[C@H](C(=O)N3CCN(C(C)=O)CC3)C[C@H](c3ccccc3)C2)cc1OC. The number of piperazine rings is 1. The number of ether oxygens (including phenoxy) is 2. The second kappa shape index (κ2) is 10.8. The van der Waals surface area contributed by atoms with Crippen LogP contribution in [-0.4, -0.2) is 85.9 Å². The molecule has 3 amide bonds.